The molecule has 0 bridgehead atoms. The van der Waals surface area contributed by atoms with Gasteiger partial charge >= 0.3 is 0 Å². The van der Waals surface area contributed by atoms with Crippen LogP contribution in [0.3, 0.4) is 0 Å². The first-order chi connectivity index (χ1) is 13.0. The van der Waals surface area contributed by atoms with Crippen LogP contribution in [0.2, 0.25) is 0 Å². The Morgan fingerprint density at radius 1 is 1.26 bits per heavy atom. The van der Waals surface area contributed by atoms with E-state index in [1.807, 2.05) is 18.2 Å². The van der Waals surface area contributed by atoms with Gasteiger partial charge in [-0.15, -0.1) is 0 Å². The van der Waals surface area contributed by atoms with Crippen molar-refractivity contribution in [2.75, 3.05) is 19.5 Å². The third-order valence-corrected chi connectivity index (χ3v) is 4.04. The van der Waals surface area contributed by atoms with Crippen molar-refractivity contribution in [2.45, 2.75) is 12.5 Å². The molecule has 1 atom stereocenters. The number of anilines is 1. The Labute approximate surface area is 154 Å². The van der Waals surface area contributed by atoms with Crippen molar-refractivity contribution in [3.05, 3.63) is 58.1 Å². The number of methoxy groups -OCH3 is 2. The zero-order valence-electron chi connectivity index (χ0n) is 14.7. The minimum atomic E-state index is -0.897. The molecule has 0 saturated heterocycles. The number of nitro benzene ring substituents is 1. The number of nitrogens with one attached hydrogen (secondary N) is 1. The van der Waals surface area contributed by atoms with E-state index in [1.54, 1.807) is 13.2 Å². The molecule has 1 aliphatic rings. The fourth-order valence-corrected chi connectivity index (χ4v) is 2.67. The van der Waals surface area contributed by atoms with Crippen LogP contribution < -0.4 is 14.8 Å². The van der Waals surface area contributed by atoms with Gasteiger partial charge in [0, 0.05) is 12.0 Å². The minimum Gasteiger partial charge on any atom is -0.496 e. The fourth-order valence-electron chi connectivity index (χ4n) is 2.67. The number of rotatable bonds is 6. The summed E-state index contributed by atoms with van der Waals surface area (Å²) in [6.45, 7) is 0. The van der Waals surface area contributed by atoms with E-state index in [0.717, 1.165) is 5.56 Å². The van der Waals surface area contributed by atoms with Crippen LogP contribution in [0.5, 0.6) is 11.5 Å². The molecule has 2 aromatic rings. The van der Waals surface area contributed by atoms with Gasteiger partial charge in [-0.25, -0.2) is 0 Å². The standard InChI is InChI=1S/C18H17N3O6/c1-25-11-7-8-13(15(9-11)21(23)24)19-18(22)17-10-14(20-27-17)12-5-3-4-6-16(12)26-2/h3-9,17H,10H2,1-2H3,(H,19,22). The summed E-state index contributed by atoms with van der Waals surface area (Å²) >= 11 is 0. The Bertz CT molecular complexity index is 912. The molecule has 27 heavy (non-hydrogen) atoms. The van der Waals surface area contributed by atoms with E-state index in [4.69, 9.17) is 14.3 Å². The van der Waals surface area contributed by atoms with Crippen LogP contribution in [-0.2, 0) is 9.63 Å². The molecule has 0 spiro atoms. The minimum absolute atomic E-state index is 0.0557. The maximum Gasteiger partial charge on any atom is 0.296 e. The number of hydrogen-bond acceptors (Lipinski definition) is 7. The number of nitro groups is 1. The zero-order chi connectivity index (χ0) is 19.4. The van der Waals surface area contributed by atoms with E-state index >= 15 is 0 Å². The van der Waals surface area contributed by atoms with Crippen molar-refractivity contribution >= 4 is 23.0 Å². The van der Waals surface area contributed by atoms with Gasteiger partial charge in [0.2, 0.25) is 6.10 Å². The molecule has 1 unspecified atom stereocenters. The number of para-hydroxylation sites is 1. The average Bonchev–Trinajstić information content (AvgIpc) is 3.18. The normalized spacial score (nSPS) is 15.5. The van der Waals surface area contributed by atoms with Gasteiger partial charge in [-0.1, -0.05) is 17.3 Å². The van der Waals surface area contributed by atoms with E-state index in [-0.39, 0.29) is 17.8 Å². The SMILES string of the molecule is COc1ccc(NC(=O)C2CC(c3ccccc3OC)=NO2)c([N+](=O)[O-])c1. The molecule has 1 amide bonds. The van der Waals surface area contributed by atoms with Crippen LogP contribution in [0, 0.1) is 10.1 Å². The predicted molar refractivity (Wildman–Crippen MR) is 97.3 cm³/mol. The van der Waals surface area contributed by atoms with E-state index < -0.39 is 16.9 Å². The number of nitrogens with zero attached hydrogens (tertiary/aromatic N) is 2. The molecular weight excluding hydrogens is 354 g/mol. The molecule has 1 N–H and O–H groups in total. The highest BCUT2D eigenvalue weighted by atomic mass is 16.6. The molecule has 1 aliphatic heterocycles. The number of oxime groups is 1. The lowest BCUT2D eigenvalue weighted by molar-refractivity contribution is -0.384. The second kappa shape index (κ2) is 7.73. The highest BCUT2D eigenvalue weighted by Gasteiger charge is 2.31. The summed E-state index contributed by atoms with van der Waals surface area (Å²) in [5.41, 5.74) is 1.08. The number of ether oxygens (including phenoxy) is 2. The largest absolute Gasteiger partial charge is 0.496 e. The predicted octanol–water partition coefficient (Wildman–Crippen LogP) is 2.74. The van der Waals surface area contributed by atoms with Crippen LogP contribution in [0.15, 0.2) is 47.6 Å². The maximum absolute atomic E-state index is 12.5. The number of carbonyl (C=O) groups is 1. The van der Waals surface area contributed by atoms with Crippen LogP contribution in [-0.4, -0.2) is 36.9 Å². The van der Waals surface area contributed by atoms with Crippen LogP contribution >= 0.6 is 0 Å². The van der Waals surface area contributed by atoms with Crippen molar-refractivity contribution in [3.8, 4) is 11.5 Å². The summed E-state index contributed by atoms with van der Waals surface area (Å²) in [5.74, 6) is 0.405. The van der Waals surface area contributed by atoms with Crippen molar-refractivity contribution in [1.29, 1.82) is 0 Å². The number of hydrogen-bond donors (Lipinski definition) is 1. The average molecular weight is 371 g/mol. The monoisotopic (exact) mass is 371 g/mol. The van der Waals surface area contributed by atoms with Gasteiger partial charge in [0.15, 0.2) is 0 Å². The van der Waals surface area contributed by atoms with Gasteiger partial charge in [0.25, 0.3) is 11.6 Å². The molecule has 140 valence electrons. The quantitative estimate of drug-likeness (QED) is 0.617. The second-order valence-electron chi connectivity index (χ2n) is 5.67. The smallest absolute Gasteiger partial charge is 0.296 e. The fraction of sp³-hybridized carbons (Fsp3) is 0.222. The molecule has 9 nitrogen and oxygen atoms in total. The summed E-state index contributed by atoms with van der Waals surface area (Å²) in [6, 6.07) is 11.4. The molecule has 0 aliphatic carbocycles. The van der Waals surface area contributed by atoms with E-state index in [2.05, 4.69) is 10.5 Å². The summed E-state index contributed by atoms with van der Waals surface area (Å²) in [4.78, 5) is 28.3. The van der Waals surface area contributed by atoms with Crippen LogP contribution in [0.4, 0.5) is 11.4 Å². The van der Waals surface area contributed by atoms with Gasteiger partial charge in [0.1, 0.15) is 17.2 Å². The lowest BCUT2D eigenvalue weighted by atomic mass is 10.0. The highest BCUT2D eigenvalue weighted by molar-refractivity contribution is 6.07. The van der Waals surface area contributed by atoms with Gasteiger partial charge < -0.3 is 19.6 Å². The maximum atomic E-state index is 12.5. The van der Waals surface area contributed by atoms with Gasteiger partial charge in [-0.3, -0.25) is 14.9 Å². The Balaban J connectivity index is 1.73. The van der Waals surface area contributed by atoms with Crippen LogP contribution in [0.25, 0.3) is 0 Å². The lowest BCUT2D eigenvalue weighted by Crippen LogP contribution is -2.28. The number of amides is 1. The van der Waals surface area contributed by atoms with E-state index in [1.165, 1.54) is 25.3 Å². The molecule has 9 heteroatoms. The van der Waals surface area contributed by atoms with Crippen molar-refractivity contribution in [1.82, 2.24) is 0 Å². The van der Waals surface area contributed by atoms with Crippen molar-refractivity contribution in [2.24, 2.45) is 5.16 Å². The van der Waals surface area contributed by atoms with Crippen molar-refractivity contribution < 1.29 is 24.0 Å². The zero-order valence-corrected chi connectivity index (χ0v) is 14.7. The molecule has 2 aromatic carbocycles. The van der Waals surface area contributed by atoms with Gasteiger partial charge in [-0.05, 0) is 24.3 Å². The molecular formula is C18H17N3O6. The summed E-state index contributed by atoms with van der Waals surface area (Å²) in [6.07, 6.45) is -0.678. The molecule has 0 aromatic heterocycles. The van der Waals surface area contributed by atoms with E-state index in [9.17, 15) is 14.9 Å². The Morgan fingerprint density at radius 2 is 2.04 bits per heavy atom. The number of carbonyl (C=O) groups excluding carboxylic acids is 1. The second-order valence-corrected chi connectivity index (χ2v) is 5.67. The van der Waals surface area contributed by atoms with Gasteiger partial charge in [-0.2, -0.15) is 0 Å². The number of benzene rings is 2. The highest BCUT2D eigenvalue weighted by Crippen LogP contribution is 2.30. The Morgan fingerprint density at radius 3 is 2.74 bits per heavy atom. The first-order valence-electron chi connectivity index (χ1n) is 8.03. The topological polar surface area (TPSA) is 112 Å². The summed E-state index contributed by atoms with van der Waals surface area (Å²) < 4.78 is 10.3. The Hall–Kier alpha value is -3.62. The Kier molecular flexibility index (Phi) is 5.20. The van der Waals surface area contributed by atoms with Gasteiger partial charge in [0.05, 0.1) is 30.9 Å². The molecule has 3 rings (SSSR count). The molecule has 1 heterocycles. The van der Waals surface area contributed by atoms with E-state index in [0.29, 0.717) is 17.2 Å². The van der Waals surface area contributed by atoms with Crippen molar-refractivity contribution in [3.63, 3.8) is 0 Å². The molecule has 0 saturated carbocycles. The first-order valence-corrected chi connectivity index (χ1v) is 8.03. The molecule has 0 radical (unpaired) electrons. The lowest BCUT2D eigenvalue weighted by Gasteiger charge is -2.11. The van der Waals surface area contributed by atoms with Crippen LogP contribution in [0.1, 0.15) is 12.0 Å². The molecule has 0 fully saturated rings. The first kappa shape index (κ1) is 18.2. The summed E-state index contributed by atoms with van der Waals surface area (Å²) in [7, 11) is 2.95. The summed E-state index contributed by atoms with van der Waals surface area (Å²) in [5, 5.41) is 17.7. The third kappa shape index (κ3) is 3.81. The third-order valence-electron chi connectivity index (χ3n) is 4.04.